The summed E-state index contributed by atoms with van der Waals surface area (Å²) < 4.78 is 15.9. The molecular weight excluding hydrogens is 262 g/mol. The van der Waals surface area contributed by atoms with Crippen LogP contribution in [0.4, 0.5) is 0 Å². The normalized spacial score (nSPS) is 21.6. The minimum absolute atomic E-state index is 0.0963. The zero-order valence-corrected chi connectivity index (χ0v) is 11.6. The van der Waals surface area contributed by atoms with Gasteiger partial charge >= 0.3 is 0 Å². The topological polar surface area (TPSA) is 80.9 Å². The Morgan fingerprint density at radius 1 is 1.65 bits per heavy atom. The van der Waals surface area contributed by atoms with Crippen LogP contribution in [0.15, 0.2) is 22.8 Å². The average molecular weight is 283 g/mol. The van der Waals surface area contributed by atoms with Gasteiger partial charge in [0.15, 0.2) is 0 Å². The molecular formula is C14H21NO5. The second-order valence-corrected chi connectivity index (χ2v) is 4.89. The highest BCUT2D eigenvalue weighted by Gasteiger charge is 2.20. The molecule has 2 rings (SSSR count). The van der Waals surface area contributed by atoms with E-state index in [1.807, 2.05) is 0 Å². The first-order valence-corrected chi connectivity index (χ1v) is 6.89. The van der Waals surface area contributed by atoms with Crippen molar-refractivity contribution in [1.29, 1.82) is 0 Å². The zero-order valence-electron chi connectivity index (χ0n) is 11.6. The van der Waals surface area contributed by atoms with Crippen molar-refractivity contribution < 1.29 is 23.8 Å². The summed E-state index contributed by atoms with van der Waals surface area (Å²) in [5.41, 5.74) is 0. The molecule has 1 aliphatic heterocycles. The van der Waals surface area contributed by atoms with Crippen molar-refractivity contribution in [3.05, 3.63) is 24.2 Å². The molecule has 0 aromatic carbocycles. The van der Waals surface area contributed by atoms with Crippen LogP contribution in [0, 0.1) is 0 Å². The van der Waals surface area contributed by atoms with Crippen molar-refractivity contribution in [2.45, 2.75) is 38.1 Å². The molecule has 6 nitrogen and oxygen atoms in total. The molecule has 6 heteroatoms. The lowest BCUT2D eigenvalue weighted by Gasteiger charge is -2.17. The van der Waals surface area contributed by atoms with E-state index in [-0.39, 0.29) is 18.6 Å². The number of carbonyl (C=O) groups excluding carboxylic acids is 1. The third-order valence-electron chi connectivity index (χ3n) is 3.27. The summed E-state index contributed by atoms with van der Waals surface area (Å²) in [6.45, 7) is 2.98. The Bertz CT molecular complexity index is 400. The maximum atomic E-state index is 11.8. The molecule has 0 spiro atoms. The lowest BCUT2D eigenvalue weighted by atomic mass is 10.2. The number of hydrogen-bond acceptors (Lipinski definition) is 5. The summed E-state index contributed by atoms with van der Waals surface area (Å²) >= 11 is 0. The molecule has 1 amide bonds. The van der Waals surface area contributed by atoms with Gasteiger partial charge in [0.25, 0.3) is 0 Å². The second kappa shape index (κ2) is 7.42. The van der Waals surface area contributed by atoms with Crippen molar-refractivity contribution in [1.82, 2.24) is 5.32 Å². The van der Waals surface area contributed by atoms with Gasteiger partial charge in [-0.15, -0.1) is 0 Å². The Labute approximate surface area is 118 Å². The van der Waals surface area contributed by atoms with E-state index in [0.29, 0.717) is 12.4 Å². The molecule has 3 atom stereocenters. The number of furan rings is 1. The summed E-state index contributed by atoms with van der Waals surface area (Å²) in [4.78, 5) is 11.8. The van der Waals surface area contributed by atoms with Crippen LogP contribution in [0.1, 0.15) is 31.6 Å². The zero-order chi connectivity index (χ0) is 14.4. The molecule has 112 valence electrons. The van der Waals surface area contributed by atoms with Gasteiger partial charge in [-0.1, -0.05) is 0 Å². The van der Waals surface area contributed by atoms with E-state index in [1.165, 1.54) is 6.26 Å². The van der Waals surface area contributed by atoms with Gasteiger partial charge in [-0.2, -0.15) is 0 Å². The molecule has 0 saturated carbocycles. The first kappa shape index (κ1) is 15.0. The molecule has 0 bridgehead atoms. The Morgan fingerprint density at radius 3 is 3.15 bits per heavy atom. The van der Waals surface area contributed by atoms with E-state index in [9.17, 15) is 9.90 Å². The fourth-order valence-electron chi connectivity index (χ4n) is 2.03. The van der Waals surface area contributed by atoms with Gasteiger partial charge < -0.3 is 24.3 Å². The number of carbonyl (C=O) groups is 1. The van der Waals surface area contributed by atoms with E-state index >= 15 is 0 Å². The fourth-order valence-corrected chi connectivity index (χ4v) is 2.03. The minimum atomic E-state index is -0.848. The van der Waals surface area contributed by atoms with Crippen LogP contribution in [-0.4, -0.2) is 43.0 Å². The SMILES string of the molecule is CC(OCC1CCCO1)C(=O)NCC(O)c1ccco1. The van der Waals surface area contributed by atoms with Gasteiger partial charge in [-0.05, 0) is 31.9 Å². The molecule has 20 heavy (non-hydrogen) atoms. The van der Waals surface area contributed by atoms with E-state index in [2.05, 4.69) is 5.32 Å². The monoisotopic (exact) mass is 283 g/mol. The third kappa shape index (κ3) is 4.33. The first-order valence-electron chi connectivity index (χ1n) is 6.89. The maximum absolute atomic E-state index is 11.8. The quantitative estimate of drug-likeness (QED) is 0.780. The van der Waals surface area contributed by atoms with E-state index in [0.717, 1.165) is 19.4 Å². The number of hydrogen-bond donors (Lipinski definition) is 2. The van der Waals surface area contributed by atoms with Crippen LogP contribution >= 0.6 is 0 Å². The summed E-state index contributed by atoms with van der Waals surface area (Å²) in [5, 5.41) is 12.4. The summed E-state index contributed by atoms with van der Waals surface area (Å²) in [6.07, 6.45) is 2.18. The van der Waals surface area contributed by atoms with Crippen LogP contribution in [0.2, 0.25) is 0 Å². The molecule has 1 aromatic rings. The molecule has 0 radical (unpaired) electrons. The lowest BCUT2D eigenvalue weighted by Crippen LogP contribution is -2.38. The summed E-state index contributed by atoms with van der Waals surface area (Å²) in [7, 11) is 0. The average Bonchev–Trinajstić information content (AvgIpc) is 3.13. The summed E-state index contributed by atoms with van der Waals surface area (Å²) in [6, 6.07) is 3.35. The molecule has 1 aromatic heterocycles. The number of nitrogens with one attached hydrogen (secondary N) is 1. The van der Waals surface area contributed by atoms with Crippen molar-refractivity contribution in [3.8, 4) is 0 Å². The predicted octanol–water partition coefficient (Wildman–Crippen LogP) is 1.01. The number of ether oxygens (including phenoxy) is 2. The highest BCUT2D eigenvalue weighted by molar-refractivity contribution is 5.80. The first-order chi connectivity index (χ1) is 9.66. The highest BCUT2D eigenvalue weighted by atomic mass is 16.5. The predicted molar refractivity (Wildman–Crippen MR) is 71.1 cm³/mol. The largest absolute Gasteiger partial charge is 0.467 e. The van der Waals surface area contributed by atoms with E-state index < -0.39 is 12.2 Å². The van der Waals surface area contributed by atoms with Crippen LogP contribution in [0.5, 0.6) is 0 Å². The van der Waals surface area contributed by atoms with E-state index in [1.54, 1.807) is 19.1 Å². The van der Waals surface area contributed by atoms with Gasteiger partial charge in [-0.3, -0.25) is 4.79 Å². The van der Waals surface area contributed by atoms with Crippen molar-refractivity contribution in [2.24, 2.45) is 0 Å². The van der Waals surface area contributed by atoms with Crippen LogP contribution in [0.25, 0.3) is 0 Å². The van der Waals surface area contributed by atoms with Gasteiger partial charge in [0.05, 0.1) is 25.5 Å². The lowest BCUT2D eigenvalue weighted by molar-refractivity contribution is -0.134. The van der Waals surface area contributed by atoms with Crippen molar-refractivity contribution >= 4 is 5.91 Å². The van der Waals surface area contributed by atoms with Gasteiger partial charge in [0, 0.05) is 6.61 Å². The van der Waals surface area contributed by atoms with E-state index in [4.69, 9.17) is 13.9 Å². The molecule has 1 fully saturated rings. The molecule has 2 N–H and O–H groups in total. The number of aliphatic hydroxyl groups excluding tert-OH is 1. The second-order valence-electron chi connectivity index (χ2n) is 4.89. The fraction of sp³-hybridized carbons (Fsp3) is 0.643. The summed E-state index contributed by atoms with van der Waals surface area (Å²) in [5.74, 6) is 0.173. The number of amides is 1. The molecule has 1 saturated heterocycles. The Kier molecular flexibility index (Phi) is 5.58. The maximum Gasteiger partial charge on any atom is 0.248 e. The highest BCUT2D eigenvalue weighted by Crippen LogP contribution is 2.13. The minimum Gasteiger partial charge on any atom is -0.467 e. The Morgan fingerprint density at radius 2 is 2.50 bits per heavy atom. The van der Waals surface area contributed by atoms with Crippen LogP contribution < -0.4 is 5.32 Å². The molecule has 2 heterocycles. The van der Waals surface area contributed by atoms with Crippen LogP contribution in [-0.2, 0) is 14.3 Å². The molecule has 0 aliphatic carbocycles. The Hall–Kier alpha value is -1.37. The van der Waals surface area contributed by atoms with Gasteiger partial charge in [-0.25, -0.2) is 0 Å². The number of rotatable bonds is 7. The van der Waals surface area contributed by atoms with Crippen LogP contribution in [0.3, 0.4) is 0 Å². The molecule has 1 aliphatic rings. The van der Waals surface area contributed by atoms with Gasteiger partial charge in [0.2, 0.25) is 5.91 Å². The molecule has 3 unspecified atom stereocenters. The Balaban J connectivity index is 1.65. The third-order valence-corrected chi connectivity index (χ3v) is 3.27. The standard InChI is InChI=1S/C14H21NO5/c1-10(20-9-11-4-2-6-18-11)14(17)15-8-12(16)13-5-3-7-19-13/h3,5,7,10-12,16H,2,4,6,8-9H2,1H3,(H,15,17). The van der Waals surface area contributed by atoms with Gasteiger partial charge in [0.1, 0.15) is 18.0 Å². The smallest absolute Gasteiger partial charge is 0.248 e. The number of aliphatic hydroxyl groups is 1. The van der Waals surface area contributed by atoms with Crippen molar-refractivity contribution in [3.63, 3.8) is 0 Å². The van der Waals surface area contributed by atoms with Crippen molar-refractivity contribution in [2.75, 3.05) is 19.8 Å².